The quantitative estimate of drug-likeness (QED) is 0.409. The molecule has 3 nitrogen and oxygen atoms in total. The van der Waals surface area contributed by atoms with Crippen molar-refractivity contribution in [3.63, 3.8) is 0 Å². The first kappa shape index (κ1) is 9.03. The number of rotatable bonds is 1. The van der Waals surface area contributed by atoms with Gasteiger partial charge in [-0.05, 0) is 18.2 Å². The van der Waals surface area contributed by atoms with Crippen molar-refractivity contribution in [3.8, 4) is 0 Å². The molecule has 0 saturated carbocycles. The maximum atomic E-state index is 10.8. The van der Waals surface area contributed by atoms with Crippen LogP contribution in [0.2, 0.25) is 5.02 Å². The van der Waals surface area contributed by atoms with Crippen LogP contribution in [-0.4, -0.2) is 5.91 Å². The molecule has 1 aromatic rings. The van der Waals surface area contributed by atoms with Crippen molar-refractivity contribution in [2.24, 2.45) is 5.84 Å². The minimum atomic E-state index is -0.225. The van der Waals surface area contributed by atoms with Crippen LogP contribution in [0.4, 0.5) is 5.69 Å². The van der Waals surface area contributed by atoms with E-state index in [9.17, 15) is 4.79 Å². The van der Waals surface area contributed by atoms with Crippen molar-refractivity contribution < 1.29 is 4.79 Å². The Labute approximate surface area is 75.7 Å². The molecule has 0 aliphatic heterocycles. The average Bonchev–Trinajstić information content (AvgIpc) is 2.03. The van der Waals surface area contributed by atoms with Crippen molar-refractivity contribution >= 4 is 23.2 Å². The number of amides is 1. The van der Waals surface area contributed by atoms with Crippen molar-refractivity contribution in [1.29, 1.82) is 0 Å². The number of hydrazine groups is 1. The Hall–Kier alpha value is -1.06. The fraction of sp³-hybridized carbons (Fsp3) is 0.125. The molecule has 0 aliphatic rings. The number of hydrogen-bond donors (Lipinski definition) is 1. The number of halogens is 1. The highest BCUT2D eigenvalue weighted by molar-refractivity contribution is 6.30. The zero-order chi connectivity index (χ0) is 9.14. The van der Waals surface area contributed by atoms with Gasteiger partial charge in [0.05, 0.1) is 5.69 Å². The maximum Gasteiger partial charge on any atom is 0.238 e. The van der Waals surface area contributed by atoms with E-state index in [0.717, 1.165) is 5.01 Å². The van der Waals surface area contributed by atoms with Crippen LogP contribution in [0.3, 0.4) is 0 Å². The van der Waals surface area contributed by atoms with Gasteiger partial charge in [0, 0.05) is 11.9 Å². The molecule has 0 unspecified atom stereocenters. The Kier molecular flexibility index (Phi) is 2.68. The third kappa shape index (κ3) is 1.96. The summed E-state index contributed by atoms with van der Waals surface area (Å²) in [5.41, 5.74) is 0.593. The molecule has 0 atom stereocenters. The second kappa shape index (κ2) is 3.56. The lowest BCUT2D eigenvalue weighted by Gasteiger charge is -2.13. The number of anilines is 1. The number of carbonyl (C=O) groups excluding carboxylic acids is 1. The summed E-state index contributed by atoms with van der Waals surface area (Å²) in [6.07, 6.45) is 0. The molecule has 1 rings (SSSR count). The van der Waals surface area contributed by atoms with Crippen LogP contribution < -0.4 is 10.9 Å². The van der Waals surface area contributed by atoms with Crippen LogP contribution in [0.5, 0.6) is 0 Å². The van der Waals surface area contributed by atoms with E-state index in [1.54, 1.807) is 24.3 Å². The van der Waals surface area contributed by atoms with E-state index >= 15 is 0 Å². The minimum absolute atomic E-state index is 0.225. The third-order valence-electron chi connectivity index (χ3n) is 1.43. The summed E-state index contributed by atoms with van der Waals surface area (Å²) in [5, 5.41) is 1.61. The molecule has 1 aromatic carbocycles. The van der Waals surface area contributed by atoms with Gasteiger partial charge in [-0.2, -0.15) is 0 Å². The minimum Gasteiger partial charge on any atom is -0.273 e. The summed E-state index contributed by atoms with van der Waals surface area (Å²) < 4.78 is 0. The van der Waals surface area contributed by atoms with E-state index in [4.69, 9.17) is 17.4 Å². The SMILES string of the molecule is CC(=O)N(N)c1cccc(Cl)c1. The van der Waals surface area contributed by atoms with Gasteiger partial charge in [0.25, 0.3) is 0 Å². The molecule has 0 aromatic heterocycles. The van der Waals surface area contributed by atoms with E-state index in [-0.39, 0.29) is 5.91 Å². The fourth-order valence-electron chi connectivity index (χ4n) is 0.808. The molecule has 0 heterocycles. The number of carbonyl (C=O) groups is 1. The number of hydrogen-bond acceptors (Lipinski definition) is 2. The number of benzene rings is 1. The Morgan fingerprint density at radius 1 is 1.58 bits per heavy atom. The molecule has 0 spiro atoms. The molecular weight excluding hydrogens is 176 g/mol. The van der Waals surface area contributed by atoms with E-state index < -0.39 is 0 Å². The van der Waals surface area contributed by atoms with E-state index in [2.05, 4.69) is 0 Å². The van der Waals surface area contributed by atoms with Gasteiger partial charge in [-0.15, -0.1) is 0 Å². The predicted octanol–water partition coefficient (Wildman–Crippen LogP) is 1.57. The van der Waals surface area contributed by atoms with Crippen molar-refractivity contribution in [2.45, 2.75) is 6.92 Å². The smallest absolute Gasteiger partial charge is 0.238 e. The monoisotopic (exact) mass is 184 g/mol. The first-order valence-corrected chi connectivity index (χ1v) is 3.80. The van der Waals surface area contributed by atoms with Gasteiger partial charge in [-0.25, -0.2) is 10.9 Å². The lowest BCUT2D eigenvalue weighted by molar-refractivity contribution is -0.116. The highest BCUT2D eigenvalue weighted by atomic mass is 35.5. The first-order chi connectivity index (χ1) is 5.61. The molecule has 0 fully saturated rings. The van der Waals surface area contributed by atoms with E-state index in [0.29, 0.717) is 10.7 Å². The summed E-state index contributed by atoms with van der Waals surface area (Å²) in [5.74, 6) is 5.21. The highest BCUT2D eigenvalue weighted by Crippen LogP contribution is 2.16. The van der Waals surface area contributed by atoms with E-state index in [1.165, 1.54) is 6.92 Å². The van der Waals surface area contributed by atoms with Gasteiger partial charge < -0.3 is 0 Å². The van der Waals surface area contributed by atoms with Crippen molar-refractivity contribution in [1.82, 2.24) is 0 Å². The van der Waals surface area contributed by atoms with Gasteiger partial charge in [0.15, 0.2) is 0 Å². The van der Waals surface area contributed by atoms with Crippen LogP contribution in [-0.2, 0) is 4.79 Å². The van der Waals surface area contributed by atoms with Crippen LogP contribution in [0, 0.1) is 0 Å². The fourth-order valence-corrected chi connectivity index (χ4v) is 0.992. The maximum absolute atomic E-state index is 10.8. The molecular formula is C8H9ClN2O. The van der Waals surface area contributed by atoms with Crippen LogP contribution in [0.15, 0.2) is 24.3 Å². The van der Waals surface area contributed by atoms with Gasteiger partial charge >= 0.3 is 0 Å². The summed E-state index contributed by atoms with van der Waals surface area (Å²) in [6, 6.07) is 6.80. The standard InChI is InChI=1S/C8H9ClN2O/c1-6(12)11(10)8-4-2-3-7(9)5-8/h2-5H,10H2,1H3. The van der Waals surface area contributed by atoms with Gasteiger partial charge in [-0.3, -0.25) is 4.79 Å². The van der Waals surface area contributed by atoms with Crippen LogP contribution >= 0.6 is 11.6 Å². The molecule has 1 amide bonds. The summed E-state index contributed by atoms with van der Waals surface area (Å²) in [7, 11) is 0. The van der Waals surface area contributed by atoms with Crippen molar-refractivity contribution in [3.05, 3.63) is 29.3 Å². The van der Waals surface area contributed by atoms with Gasteiger partial charge in [0.1, 0.15) is 0 Å². The summed E-state index contributed by atoms with van der Waals surface area (Å²) in [4.78, 5) is 10.8. The second-order valence-electron chi connectivity index (χ2n) is 2.37. The molecule has 4 heteroatoms. The molecule has 0 bridgehead atoms. The van der Waals surface area contributed by atoms with Crippen molar-refractivity contribution in [2.75, 3.05) is 5.01 Å². The number of nitrogens with zero attached hydrogens (tertiary/aromatic N) is 1. The van der Waals surface area contributed by atoms with E-state index in [1.807, 2.05) is 0 Å². The van der Waals surface area contributed by atoms with Gasteiger partial charge in [0.2, 0.25) is 5.91 Å². The first-order valence-electron chi connectivity index (χ1n) is 3.42. The molecule has 2 N–H and O–H groups in total. The Bertz CT molecular complexity index is 301. The molecule has 0 aliphatic carbocycles. The highest BCUT2D eigenvalue weighted by Gasteiger charge is 2.05. The lowest BCUT2D eigenvalue weighted by Crippen LogP contribution is -2.35. The predicted molar refractivity (Wildman–Crippen MR) is 48.8 cm³/mol. The largest absolute Gasteiger partial charge is 0.273 e. The Morgan fingerprint density at radius 3 is 2.75 bits per heavy atom. The Morgan fingerprint density at radius 2 is 2.25 bits per heavy atom. The molecule has 0 saturated heterocycles. The molecule has 12 heavy (non-hydrogen) atoms. The average molecular weight is 185 g/mol. The molecule has 64 valence electrons. The topological polar surface area (TPSA) is 46.3 Å². The third-order valence-corrected chi connectivity index (χ3v) is 1.66. The lowest BCUT2D eigenvalue weighted by atomic mass is 10.3. The zero-order valence-corrected chi connectivity index (χ0v) is 7.38. The normalized spacial score (nSPS) is 9.58. The number of nitrogens with two attached hydrogens (primary N) is 1. The summed E-state index contributed by atoms with van der Waals surface area (Å²) in [6.45, 7) is 1.39. The summed E-state index contributed by atoms with van der Waals surface area (Å²) >= 11 is 5.70. The molecule has 0 radical (unpaired) electrons. The van der Waals surface area contributed by atoms with Crippen LogP contribution in [0.1, 0.15) is 6.92 Å². The second-order valence-corrected chi connectivity index (χ2v) is 2.81. The Balaban J connectivity index is 2.95. The zero-order valence-electron chi connectivity index (χ0n) is 6.62. The van der Waals surface area contributed by atoms with Crippen LogP contribution in [0.25, 0.3) is 0 Å². The van der Waals surface area contributed by atoms with Gasteiger partial charge in [-0.1, -0.05) is 17.7 Å².